The predicted molar refractivity (Wildman–Crippen MR) is 102 cm³/mol. The summed E-state index contributed by atoms with van der Waals surface area (Å²) in [5.41, 5.74) is 7.80. The van der Waals surface area contributed by atoms with E-state index in [0.29, 0.717) is 0 Å². The van der Waals surface area contributed by atoms with Gasteiger partial charge in [-0.2, -0.15) is 4.57 Å². The summed E-state index contributed by atoms with van der Waals surface area (Å²) in [7, 11) is 2.11. The van der Waals surface area contributed by atoms with Gasteiger partial charge in [-0.05, 0) is 24.3 Å². The summed E-state index contributed by atoms with van der Waals surface area (Å²) in [6.07, 6.45) is 4.30. The average Bonchev–Trinajstić information content (AvgIpc) is 3.03. The van der Waals surface area contributed by atoms with Gasteiger partial charge in [0.05, 0.1) is 11.1 Å². The maximum atomic E-state index is 2.40. The summed E-state index contributed by atoms with van der Waals surface area (Å²) in [6, 6.07) is 30.5. The van der Waals surface area contributed by atoms with Gasteiger partial charge in [0.25, 0.3) is 0 Å². The Labute approximate surface area is 153 Å². The van der Waals surface area contributed by atoms with E-state index >= 15 is 0 Å². The molecule has 0 amide bonds. The SMILES string of the molecule is C[n+]1ccccc1-c1ccccc1C1c2ccccc2-c2cccc[n+]21. The second-order valence-electron chi connectivity index (χ2n) is 6.77. The number of pyridine rings is 2. The van der Waals surface area contributed by atoms with Gasteiger partial charge in [0.1, 0.15) is 7.05 Å². The fraction of sp³-hybridized carbons (Fsp3) is 0.0833. The van der Waals surface area contributed by atoms with E-state index in [9.17, 15) is 0 Å². The second kappa shape index (κ2) is 5.92. The van der Waals surface area contributed by atoms with Crippen LogP contribution in [0.25, 0.3) is 22.5 Å². The summed E-state index contributed by atoms with van der Waals surface area (Å²) in [5.74, 6) is 0. The Hall–Kier alpha value is -3.26. The molecule has 0 spiro atoms. The molecule has 0 aliphatic carbocycles. The van der Waals surface area contributed by atoms with E-state index in [4.69, 9.17) is 0 Å². The van der Waals surface area contributed by atoms with E-state index in [1.54, 1.807) is 0 Å². The van der Waals surface area contributed by atoms with Crippen molar-refractivity contribution in [1.29, 1.82) is 0 Å². The van der Waals surface area contributed by atoms with Crippen molar-refractivity contribution < 1.29 is 9.13 Å². The van der Waals surface area contributed by atoms with Gasteiger partial charge in [-0.3, -0.25) is 0 Å². The van der Waals surface area contributed by atoms with E-state index in [0.717, 1.165) is 0 Å². The third-order valence-electron chi connectivity index (χ3n) is 5.29. The number of rotatable bonds is 2. The van der Waals surface area contributed by atoms with Crippen LogP contribution in [-0.2, 0) is 7.05 Å². The van der Waals surface area contributed by atoms with Crippen molar-refractivity contribution in [3.8, 4) is 22.5 Å². The molecule has 0 N–H and O–H groups in total. The van der Waals surface area contributed by atoms with E-state index in [2.05, 4.69) is 114 Å². The highest BCUT2D eigenvalue weighted by molar-refractivity contribution is 5.69. The molecule has 4 aromatic rings. The summed E-state index contributed by atoms with van der Waals surface area (Å²) < 4.78 is 4.59. The Morgan fingerprint density at radius 1 is 0.577 bits per heavy atom. The predicted octanol–water partition coefficient (Wildman–Crippen LogP) is 4.08. The lowest BCUT2D eigenvalue weighted by atomic mass is 9.92. The van der Waals surface area contributed by atoms with Crippen LogP contribution in [0.1, 0.15) is 17.2 Å². The van der Waals surface area contributed by atoms with Gasteiger partial charge >= 0.3 is 0 Å². The molecule has 2 aromatic carbocycles. The van der Waals surface area contributed by atoms with Crippen LogP contribution in [0.2, 0.25) is 0 Å². The van der Waals surface area contributed by atoms with Crippen LogP contribution in [0.15, 0.2) is 97.3 Å². The second-order valence-corrected chi connectivity index (χ2v) is 6.77. The van der Waals surface area contributed by atoms with Gasteiger partial charge in [-0.1, -0.05) is 36.4 Å². The van der Waals surface area contributed by atoms with Crippen LogP contribution in [0.3, 0.4) is 0 Å². The maximum absolute atomic E-state index is 2.40. The number of aromatic nitrogens is 2. The highest BCUT2D eigenvalue weighted by Crippen LogP contribution is 2.39. The lowest BCUT2D eigenvalue weighted by Crippen LogP contribution is -2.39. The monoisotopic (exact) mass is 336 g/mol. The van der Waals surface area contributed by atoms with Crippen LogP contribution in [-0.4, -0.2) is 0 Å². The first-order valence-electron chi connectivity index (χ1n) is 8.98. The number of nitrogens with zero attached hydrogens (tertiary/aromatic N) is 2. The number of aryl methyl sites for hydroxylation is 1. The average molecular weight is 336 g/mol. The zero-order chi connectivity index (χ0) is 17.5. The standard InChI is InChI=1S/C24H20N2/c1-25-16-8-6-14-22(25)18-10-2-4-12-20(18)24-21-13-5-3-11-19(21)23-15-7-9-17-26(23)24/h2-17,24H,1H3/q+2. The first kappa shape index (κ1) is 15.0. The third kappa shape index (κ3) is 2.19. The molecular formula is C24H20N2+2. The molecule has 0 fully saturated rings. The molecule has 5 rings (SSSR count). The maximum Gasteiger partial charge on any atom is 0.213 e. The molecule has 1 unspecified atom stereocenters. The molecule has 2 nitrogen and oxygen atoms in total. The Morgan fingerprint density at radius 2 is 1.12 bits per heavy atom. The van der Waals surface area contributed by atoms with Crippen LogP contribution in [0.4, 0.5) is 0 Å². The third-order valence-corrected chi connectivity index (χ3v) is 5.29. The van der Waals surface area contributed by atoms with E-state index in [1.165, 1.54) is 33.6 Å². The van der Waals surface area contributed by atoms with Gasteiger partial charge in [-0.25, -0.2) is 4.57 Å². The topological polar surface area (TPSA) is 7.76 Å². The summed E-state index contributed by atoms with van der Waals surface area (Å²) in [6.45, 7) is 0. The van der Waals surface area contributed by atoms with Gasteiger partial charge < -0.3 is 0 Å². The van der Waals surface area contributed by atoms with Crippen LogP contribution >= 0.6 is 0 Å². The molecule has 0 radical (unpaired) electrons. The Balaban J connectivity index is 1.79. The molecule has 2 heteroatoms. The fourth-order valence-corrected chi connectivity index (χ4v) is 4.12. The first-order valence-corrected chi connectivity index (χ1v) is 8.98. The quantitative estimate of drug-likeness (QED) is 0.429. The van der Waals surface area contributed by atoms with Gasteiger partial charge in [0.2, 0.25) is 17.4 Å². The molecule has 1 aliphatic heterocycles. The van der Waals surface area contributed by atoms with Crippen LogP contribution in [0, 0.1) is 0 Å². The highest BCUT2D eigenvalue weighted by Gasteiger charge is 2.38. The Bertz CT molecular complexity index is 1070. The van der Waals surface area contributed by atoms with E-state index < -0.39 is 0 Å². The van der Waals surface area contributed by atoms with E-state index in [-0.39, 0.29) is 6.04 Å². The molecular weight excluding hydrogens is 316 g/mol. The summed E-state index contributed by atoms with van der Waals surface area (Å²) in [4.78, 5) is 0. The molecule has 0 saturated carbocycles. The van der Waals surface area contributed by atoms with Crippen molar-refractivity contribution in [3.05, 3.63) is 108 Å². The molecule has 0 saturated heterocycles. The van der Waals surface area contributed by atoms with E-state index in [1.807, 2.05) is 0 Å². The van der Waals surface area contributed by atoms with Crippen molar-refractivity contribution in [1.82, 2.24) is 0 Å². The molecule has 1 atom stereocenters. The number of hydrogen-bond donors (Lipinski definition) is 0. The summed E-state index contributed by atoms with van der Waals surface area (Å²) >= 11 is 0. The molecule has 124 valence electrons. The number of fused-ring (bicyclic) bond motifs is 3. The Morgan fingerprint density at radius 3 is 1.81 bits per heavy atom. The first-order chi connectivity index (χ1) is 12.8. The van der Waals surface area contributed by atoms with Gasteiger partial charge in [0.15, 0.2) is 12.4 Å². The number of benzene rings is 2. The van der Waals surface area contributed by atoms with Gasteiger partial charge in [-0.15, -0.1) is 0 Å². The largest absolute Gasteiger partial charge is 0.213 e. The summed E-state index contributed by atoms with van der Waals surface area (Å²) in [5, 5.41) is 0. The number of hydrogen-bond acceptors (Lipinski definition) is 0. The van der Waals surface area contributed by atoms with Crippen LogP contribution < -0.4 is 9.13 Å². The minimum atomic E-state index is 0.193. The molecule has 0 bridgehead atoms. The van der Waals surface area contributed by atoms with Crippen molar-refractivity contribution in [2.24, 2.45) is 7.05 Å². The smallest absolute Gasteiger partial charge is 0.201 e. The van der Waals surface area contributed by atoms with Crippen molar-refractivity contribution in [3.63, 3.8) is 0 Å². The lowest BCUT2D eigenvalue weighted by molar-refractivity contribution is -0.688. The van der Waals surface area contributed by atoms with Crippen molar-refractivity contribution in [2.75, 3.05) is 0 Å². The highest BCUT2D eigenvalue weighted by atomic mass is 15.0. The van der Waals surface area contributed by atoms with Crippen molar-refractivity contribution in [2.45, 2.75) is 6.04 Å². The minimum absolute atomic E-state index is 0.193. The molecule has 2 aromatic heterocycles. The molecule has 26 heavy (non-hydrogen) atoms. The zero-order valence-corrected chi connectivity index (χ0v) is 14.7. The zero-order valence-electron chi connectivity index (χ0n) is 14.7. The van der Waals surface area contributed by atoms with Gasteiger partial charge in [0, 0.05) is 35.4 Å². The van der Waals surface area contributed by atoms with Crippen molar-refractivity contribution >= 4 is 0 Å². The molecule has 1 aliphatic rings. The normalized spacial score (nSPS) is 14.7. The Kier molecular flexibility index (Phi) is 3.42. The fourth-order valence-electron chi connectivity index (χ4n) is 4.12. The lowest BCUT2D eigenvalue weighted by Gasteiger charge is -2.13. The minimum Gasteiger partial charge on any atom is -0.201 e. The molecule has 3 heterocycles. The van der Waals surface area contributed by atoms with Crippen LogP contribution in [0.5, 0.6) is 0 Å².